The zero-order valence-corrected chi connectivity index (χ0v) is 11.1. The van der Waals surface area contributed by atoms with Crippen molar-refractivity contribution in [2.45, 2.75) is 44.6 Å². The van der Waals surface area contributed by atoms with E-state index in [1.165, 1.54) is 25.7 Å². The molecule has 0 unspecified atom stereocenters. The third kappa shape index (κ3) is 5.50. The van der Waals surface area contributed by atoms with Crippen molar-refractivity contribution in [1.82, 2.24) is 4.90 Å². The molecule has 0 spiro atoms. The fraction of sp³-hybridized carbons (Fsp3) is 0.923. The Bertz CT molecular complexity index is 213. The van der Waals surface area contributed by atoms with E-state index in [0.717, 1.165) is 12.8 Å². The van der Waals surface area contributed by atoms with E-state index in [1.807, 2.05) is 11.9 Å². The number of nitrogens with zero attached hydrogens (tertiary/aromatic N) is 1. The Kier molecular flexibility index (Phi) is 7.21. The second-order valence-electron chi connectivity index (χ2n) is 4.70. The first-order chi connectivity index (χ1) is 8.25. The van der Waals surface area contributed by atoms with Crippen molar-refractivity contribution >= 4 is 5.91 Å². The highest BCUT2D eigenvalue weighted by molar-refractivity contribution is 5.77. The number of carbonyl (C=O) groups excluding carboxylic acids is 1. The summed E-state index contributed by atoms with van der Waals surface area (Å²) in [6.07, 6.45) is 7.38. The van der Waals surface area contributed by atoms with E-state index in [0.29, 0.717) is 19.3 Å². The first-order valence-corrected chi connectivity index (χ1v) is 6.58. The average Bonchev–Trinajstić information content (AvgIpc) is 2.62. The van der Waals surface area contributed by atoms with Gasteiger partial charge in [-0.3, -0.25) is 4.79 Å². The van der Waals surface area contributed by atoms with Gasteiger partial charge in [-0.25, -0.2) is 0 Å². The molecular formula is C13H25NO3. The Morgan fingerprint density at radius 3 is 2.41 bits per heavy atom. The number of hydrogen-bond acceptors (Lipinski definition) is 3. The molecule has 0 saturated heterocycles. The fourth-order valence-electron chi connectivity index (χ4n) is 2.25. The lowest BCUT2D eigenvalue weighted by atomic mass is 10.1. The summed E-state index contributed by atoms with van der Waals surface area (Å²) < 4.78 is 10.1. The monoisotopic (exact) mass is 243 g/mol. The summed E-state index contributed by atoms with van der Waals surface area (Å²) in [5.74, 6) is 0.0907. The Labute approximate surface area is 104 Å². The van der Waals surface area contributed by atoms with Crippen LogP contribution in [0.25, 0.3) is 0 Å². The number of ether oxygens (including phenoxy) is 2. The molecule has 1 aliphatic carbocycles. The molecule has 4 heteroatoms. The van der Waals surface area contributed by atoms with E-state index in [1.54, 1.807) is 7.11 Å². The van der Waals surface area contributed by atoms with Crippen molar-refractivity contribution in [2.24, 2.45) is 0 Å². The standard InChI is InChI=1S/C13H25NO3/c1-14(12-7-5-3-4-6-8-12)13(15)11-17-10-9-16-2/h12H,3-11H2,1-2H3. The summed E-state index contributed by atoms with van der Waals surface area (Å²) >= 11 is 0. The van der Waals surface area contributed by atoms with E-state index in [9.17, 15) is 4.79 Å². The molecule has 1 fully saturated rings. The van der Waals surface area contributed by atoms with Crippen molar-refractivity contribution in [1.29, 1.82) is 0 Å². The van der Waals surface area contributed by atoms with Gasteiger partial charge in [0.1, 0.15) is 6.61 Å². The molecule has 0 atom stereocenters. The molecule has 4 nitrogen and oxygen atoms in total. The van der Waals surface area contributed by atoms with Gasteiger partial charge in [-0.2, -0.15) is 0 Å². The predicted octanol–water partition coefficient (Wildman–Crippen LogP) is 1.83. The zero-order chi connectivity index (χ0) is 12.5. The number of likely N-dealkylation sites (N-methyl/N-ethyl adjacent to an activating group) is 1. The SMILES string of the molecule is COCCOCC(=O)N(C)C1CCCCCC1. The van der Waals surface area contributed by atoms with E-state index >= 15 is 0 Å². The van der Waals surface area contributed by atoms with Crippen LogP contribution in [-0.4, -0.2) is 50.8 Å². The van der Waals surface area contributed by atoms with E-state index in [-0.39, 0.29) is 12.5 Å². The van der Waals surface area contributed by atoms with Crippen LogP contribution in [0.4, 0.5) is 0 Å². The normalized spacial score (nSPS) is 17.8. The summed E-state index contributed by atoms with van der Waals surface area (Å²) in [5.41, 5.74) is 0. The lowest BCUT2D eigenvalue weighted by molar-refractivity contribution is -0.137. The second-order valence-corrected chi connectivity index (χ2v) is 4.70. The maximum absolute atomic E-state index is 11.9. The maximum Gasteiger partial charge on any atom is 0.248 e. The molecule has 0 radical (unpaired) electrons. The third-order valence-corrected chi connectivity index (χ3v) is 3.42. The van der Waals surface area contributed by atoms with Crippen LogP contribution >= 0.6 is 0 Å². The molecular weight excluding hydrogens is 218 g/mol. The van der Waals surface area contributed by atoms with Crippen molar-refractivity contribution in [2.75, 3.05) is 34.0 Å². The largest absolute Gasteiger partial charge is 0.382 e. The number of rotatable bonds is 6. The molecule has 0 aromatic heterocycles. The van der Waals surface area contributed by atoms with Crippen LogP contribution < -0.4 is 0 Å². The first kappa shape index (κ1) is 14.5. The van der Waals surface area contributed by atoms with Gasteiger partial charge in [0.15, 0.2) is 0 Å². The number of amides is 1. The van der Waals surface area contributed by atoms with Crippen LogP contribution in [0.3, 0.4) is 0 Å². The maximum atomic E-state index is 11.9. The Balaban J connectivity index is 2.24. The summed E-state index contributed by atoms with van der Waals surface area (Å²) in [4.78, 5) is 13.8. The van der Waals surface area contributed by atoms with Gasteiger partial charge < -0.3 is 14.4 Å². The van der Waals surface area contributed by atoms with Gasteiger partial charge >= 0.3 is 0 Å². The lowest BCUT2D eigenvalue weighted by Crippen LogP contribution is -2.39. The summed E-state index contributed by atoms with van der Waals surface area (Å²) in [5, 5.41) is 0. The quantitative estimate of drug-likeness (QED) is 0.528. The first-order valence-electron chi connectivity index (χ1n) is 6.58. The van der Waals surface area contributed by atoms with E-state index in [4.69, 9.17) is 9.47 Å². The van der Waals surface area contributed by atoms with Crippen molar-refractivity contribution in [3.05, 3.63) is 0 Å². The number of hydrogen-bond donors (Lipinski definition) is 0. The van der Waals surface area contributed by atoms with Gasteiger partial charge in [0, 0.05) is 20.2 Å². The Morgan fingerprint density at radius 1 is 1.18 bits per heavy atom. The number of methoxy groups -OCH3 is 1. The topological polar surface area (TPSA) is 38.8 Å². The molecule has 0 aromatic carbocycles. The van der Waals surface area contributed by atoms with Crippen LogP contribution in [0.1, 0.15) is 38.5 Å². The third-order valence-electron chi connectivity index (χ3n) is 3.42. The van der Waals surface area contributed by atoms with Crippen molar-refractivity contribution < 1.29 is 14.3 Å². The second kappa shape index (κ2) is 8.48. The fourth-order valence-corrected chi connectivity index (χ4v) is 2.25. The molecule has 1 saturated carbocycles. The summed E-state index contributed by atoms with van der Waals surface area (Å²) in [7, 11) is 3.53. The van der Waals surface area contributed by atoms with Gasteiger partial charge in [-0.05, 0) is 12.8 Å². The predicted molar refractivity (Wildman–Crippen MR) is 67.0 cm³/mol. The lowest BCUT2D eigenvalue weighted by Gasteiger charge is -2.27. The Hall–Kier alpha value is -0.610. The molecule has 1 aliphatic rings. The molecule has 1 rings (SSSR count). The molecule has 0 heterocycles. The van der Waals surface area contributed by atoms with Gasteiger partial charge in [0.25, 0.3) is 0 Å². The van der Waals surface area contributed by atoms with Gasteiger partial charge in [-0.15, -0.1) is 0 Å². The molecule has 100 valence electrons. The van der Waals surface area contributed by atoms with Crippen LogP contribution in [0.15, 0.2) is 0 Å². The van der Waals surface area contributed by atoms with Crippen LogP contribution in [0.2, 0.25) is 0 Å². The Morgan fingerprint density at radius 2 is 1.82 bits per heavy atom. The molecule has 0 aliphatic heterocycles. The molecule has 0 bridgehead atoms. The van der Waals surface area contributed by atoms with Gasteiger partial charge in [-0.1, -0.05) is 25.7 Å². The van der Waals surface area contributed by atoms with Gasteiger partial charge in [0.05, 0.1) is 13.2 Å². The van der Waals surface area contributed by atoms with E-state index in [2.05, 4.69) is 0 Å². The molecule has 17 heavy (non-hydrogen) atoms. The molecule has 1 amide bonds. The zero-order valence-electron chi connectivity index (χ0n) is 11.1. The summed E-state index contributed by atoms with van der Waals surface area (Å²) in [6.45, 7) is 1.21. The molecule has 0 N–H and O–H groups in total. The highest BCUT2D eigenvalue weighted by atomic mass is 16.5. The highest BCUT2D eigenvalue weighted by Crippen LogP contribution is 2.20. The minimum atomic E-state index is 0.0907. The van der Waals surface area contributed by atoms with Crippen molar-refractivity contribution in [3.8, 4) is 0 Å². The van der Waals surface area contributed by atoms with Crippen LogP contribution in [0.5, 0.6) is 0 Å². The minimum absolute atomic E-state index is 0.0907. The molecule has 0 aromatic rings. The van der Waals surface area contributed by atoms with Crippen LogP contribution in [-0.2, 0) is 14.3 Å². The average molecular weight is 243 g/mol. The highest BCUT2D eigenvalue weighted by Gasteiger charge is 2.20. The van der Waals surface area contributed by atoms with E-state index < -0.39 is 0 Å². The van der Waals surface area contributed by atoms with Gasteiger partial charge in [0.2, 0.25) is 5.91 Å². The van der Waals surface area contributed by atoms with Crippen molar-refractivity contribution in [3.63, 3.8) is 0 Å². The van der Waals surface area contributed by atoms with Crippen LogP contribution in [0, 0.1) is 0 Å². The summed E-state index contributed by atoms with van der Waals surface area (Å²) in [6, 6.07) is 0.413. The number of carbonyl (C=O) groups is 1. The smallest absolute Gasteiger partial charge is 0.248 e. The minimum Gasteiger partial charge on any atom is -0.382 e.